The van der Waals surface area contributed by atoms with E-state index in [0.717, 1.165) is 41.3 Å². The molecule has 0 atom stereocenters. The van der Waals surface area contributed by atoms with Gasteiger partial charge in [0.05, 0.1) is 28.4 Å². The van der Waals surface area contributed by atoms with E-state index in [-0.39, 0.29) is 29.9 Å². The van der Waals surface area contributed by atoms with Crippen molar-refractivity contribution in [1.82, 2.24) is 14.9 Å². The maximum atomic E-state index is 15.2. The van der Waals surface area contributed by atoms with Gasteiger partial charge in [-0.2, -0.15) is 18.2 Å². The lowest BCUT2D eigenvalue weighted by Gasteiger charge is -2.39. The number of aromatic nitrogens is 1. The van der Waals surface area contributed by atoms with Gasteiger partial charge >= 0.3 is 12.6 Å². The van der Waals surface area contributed by atoms with Crippen LogP contribution in [-0.2, 0) is 22.4 Å². The van der Waals surface area contributed by atoms with Crippen LogP contribution < -0.4 is 4.74 Å². The van der Waals surface area contributed by atoms with Crippen LogP contribution in [0.25, 0.3) is 0 Å². The standard InChI is InChI=1S/C27H28ClF4N3O4/c1-26(39-24-12-21(27(30,31)32)22(28)13-33-24)6-8-34(9-7-26)14-17-10-23(29)20(11-19(17)16-2-3-16)25(37)35(38-15-36)18-4-5-18/h10-13,15-16,18H,2-9,14H2,1H3. The van der Waals surface area contributed by atoms with Crippen LogP contribution in [-0.4, -0.2) is 52.1 Å². The van der Waals surface area contributed by atoms with Crippen molar-refractivity contribution in [1.29, 1.82) is 0 Å². The number of hydrogen-bond donors (Lipinski definition) is 0. The molecule has 1 aromatic heterocycles. The Labute approximate surface area is 228 Å². The number of carbonyl (C=O) groups is 2. The number of nitrogens with zero attached hydrogens (tertiary/aromatic N) is 3. The summed E-state index contributed by atoms with van der Waals surface area (Å²) in [7, 11) is 0. The van der Waals surface area contributed by atoms with Crippen LogP contribution in [0.4, 0.5) is 17.6 Å². The van der Waals surface area contributed by atoms with Gasteiger partial charge in [0.2, 0.25) is 5.88 Å². The molecule has 3 fully saturated rings. The lowest BCUT2D eigenvalue weighted by molar-refractivity contribution is -0.163. The fourth-order valence-electron chi connectivity index (χ4n) is 4.95. The van der Waals surface area contributed by atoms with Crippen molar-refractivity contribution in [3.05, 3.63) is 57.5 Å². The lowest BCUT2D eigenvalue weighted by atomic mass is 9.92. The minimum absolute atomic E-state index is 0.109. The zero-order chi connectivity index (χ0) is 27.9. The van der Waals surface area contributed by atoms with E-state index in [1.165, 1.54) is 6.07 Å². The number of piperidine rings is 1. The number of hydroxylamine groups is 2. The van der Waals surface area contributed by atoms with Gasteiger partial charge in [-0.25, -0.2) is 9.37 Å². The van der Waals surface area contributed by atoms with Gasteiger partial charge in [-0.05, 0) is 74.6 Å². The molecule has 5 rings (SSSR count). The Morgan fingerprint density at radius 1 is 1.21 bits per heavy atom. The molecular formula is C27H28ClF4N3O4. The molecule has 3 aliphatic rings. The second kappa shape index (κ2) is 10.6. The van der Waals surface area contributed by atoms with Crippen LogP contribution in [0.2, 0.25) is 5.02 Å². The predicted molar refractivity (Wildman–Crippen MR) is 133 cm³/mol. The van der Waals surface area contributed by atoms with Gasteiger partial charge < -0.3 is 9.57 Å². The number of pyridine rings is 1. The van der Waals surface area contributed by atoms with Crippen molar-refractivity contribution in [2.75, 3.05) is 13.1 Å². The number of likely N-dealkylation sites (tertiary alicyclic amines) is 1. The zero-order valence-corrected chi connectivity index (χ0v) is 22.0. The van der Waals surface area contributed by atoms with Crippen molar-refractivity contribution in [3.63, 3.8) is 0 Å². The van der Waals surface area contributed by atoms with Gasteiger partial charge in [-0.15, -0.1) is 0 Å². The second-order valence-electron chi connectivity index (χ2n) is 10.7. The van der Waals surface area contributed by atoms with Gasteiger partial charge in [-0.1, -0.05) is 11.6 Å². The highest BCUT2D eigenvalue weighted by molar-refractivity contribution is 6.31. The molecule has 1 aromatic carbocycles. The molecule has 7 nitrogen and oxygen atoms in total. The monoisotopic (exact) mass is 569 g/mol. The van der Waals surface area contributed by atoms with Crippen LogP contribution in [0.3, 0.4) is 0 Å². The molecule has 2 aromatic rings. The summed E-state index contributed by atoms with van der Waals surface area (Å²) in [6.45, 7) is 3.62. The Morgan fingerprint density at radius 2 is 1.90 bits per heavy atom. The van der Waals surface area contributed by atoms with Crippen LogP contribution in [0.15, 0.2) is 24.4 Å². The molecule has 0 radical (unpaired) electrons. The maximum Gasteiger partial charge on any atom is 0.418 e. The third-order valence-electron chi connectivity index (χ3n) is 7.51. The molecule has 1 saturated heterocycles. The summed E-state index contributed by atoms with van der Waals surface area (Å²) >= 11 is 5.67. The van der Waals surface area contributed by atoms with E-state index in [1.807, 2.05) is 6.92 Å². The molecular weight excluding hydrogens is 542 g/mol. The minimum Gasteiger partial charge on any atom is -0.471 e. The predicted octanol–water partition coefficient (Wildman–Crippen LogP) is 5.90. The summed E-state index contributed by atoms with van der Waals surface area (Å²) in [5.74, 6) is -1.23. The Morgan fingerprint density at radius 3 is 2.49 bits per heavy atom. The molecule has 0 unspecified atom stereocenters. The number of ether oxygens (including phenoxy) is 1. The van der Waals surface area contributed by atoms with Gasteiger partial charge in [0.15, 0.2) is 0 Å². The van der Waals surface area contributed by atoms with Crippen molar-refractivity contribution < 1.29 is 36.7 Å². The summed E-state index contributed by atoms with van der Waals surface area (Å²) in [5, 5.41) is 0.471. The summed E-state index contributed by atoms with van der Waals surface area (Å²) in [6, 6.07) is 3.58. The highest BCUT2D eigenvalue weighted by Crippen LogP contribution is 2.43. The normalized spacial score (nSPS) is 19.4. The molecule has 2 heterocycles. The largest absolute Gasteiger partial charge is 0.471 e. The fraction of sp³-hybridized carbons (Fsp3) is 0.519. The van der Waals surface area contributed by atoms with E-state index in [2.05, 4.69) is 9.88 Å². The summed E-state index contributed by atoms with van der Waals surface area (Å²) in [5.41, 5.74) is -0.130. The third-order valence-corrected chi connectivity index (χ3v) is 7.81. The number of rotatable bonds is 9. The highest BCUT2D eigenvalue weighted by atomic mass is 35.5. The van der Waals surface area contributed by atoms with Gasteiger partial charge in [0.1, 0.15) is 11.4 Å². The number of amides is 1. The molecule has 2 saturated carbocycles. The van der Waals surface area contributed by atoms with E-state index in [4.69, 9.17) is 21.2 Å². The van der Waals surface area contributed by atoms with Crippen molar-refractivity contribution in [2.45, 2.75) is 75.7 Å². The molecule has 2 aliphatic carbocycles. The number of carbonyl (C=O) groups excluding carboxylic acids is 2. The van der Waals surface area contributed by atoms with Crippen LogP contribution in [0, 0.1) is 5.82 Å². The van der Waals surface area contributed by atoms with E-state index in [0.29, 0.717) is 45.3 Å². The first kappa shape index (κ1) is 27.6. The summed E-state index contributed by atoms with van der Waals surface area (Å²) in [6.07, 6.45) is 0.663. The molecule has 39 heavy (non-hydrogen) atoms. The van der Waals surface area contributed by atoms with Crippen molar-refractivity contribution >= 4 is 24.0 Å². The number of benzene rings is 1. The highest BCUT2D eigenvalue weighted by Gasteiger charge is 2.39. The van der Waals surface area contributed by atoms with Crippen LogP contribution in [0.5, 0.6) is 5.88 Å². The number of halogens is 5. The fourth-order valence-corrected chi connectivity index (χ4v) is 5.16. The first-order valence-electron chi connectivity index (χ1n) is 12.9. The van der Waals surface area contributed by atoms with E-state index < -0.39 is 34.1 Å². The van der Waals surface area contributed by atoms with E-state index in [1.54, 1.807) is 6.07 Å². The maximum absolute atomic E-state index is 15.2. The average Bonchev–Trinajstić information content (AvgIpc) is 3.78. The smallest absolute Gasteiger partial charge is 0.418 e. The first-order valence-corrected chi connectivity index (χ1v) is 13.3. The summed E-state index contributed by atoms with van der Waals surface area (Å²) < 4.78 is 60.7. The lowest BCUT2D eigenvalue weighted by Crippen LogP contribution is -2.46. The molecule has 0 bridgehead atoms. The molecule has 1 aliphatic heterocycles. The third kappa shape index (κ3) is 6.30. The molecule has 0 spiro atoms. The van der Waals surface area contributed by atoms with E-state index >= 15 is 4.39 Å². The first-order chi connectivity index (χ1) is 18.5. The van der Waals surface area contributed by atoms with Crippen LogP contribution in [0.1, 0.15) is 78.4 Å². The molecule has 210 valence electrons. The SMILES string of the molecule is CC1(Oc2cc(C(F)(F)F)c(Cl)cn2)CCN(Cc2cc(F)c(C(=O)N(OC=O)C3CC3)cc2C2CC2)CC1. The molecule has 1 amide bonds. The Balaban J connectivity index is 1.27. The average molecular weight is 570 g/mol. The zero-order valence-electron chi connectivity index (χ0n) is 21.3. The van der Waals surface area contributed by atoms with Crippen molar-refractivity contribution in [3.8, 4) is 5.88 Å². The van der Waals surface area contributed by atoms with Crippen LogP contribution >= 0.6 is 11.6 Å². The molecule has 0 N–H and O–H groups in total. The van der Waals surface area contributed by atoms with Gasteiger partial charge in [0, 0.05) is 25.7 Å². The Hall–Kier alpha value is -2.92. The molecule has 12 heteroatoms. The van der Waals surface area contributed by atoms with Crippen molar-refractivity contribution in [2.24, 2.45) is 0 Å². The van der Waals surface area contributed by atoms with E-state index in [9.17, 15) is 22.8 Å². The summed E-state index contributed by atoms with van der Waals surface area (Å²) in [4.78, 5) is 34.7. The number of alkyl halides is 3. The minimum atomic E-state index is -4.62. The Bertz CT molecular complexity index is 1260. The van der Waals surface area contributed by atoms with Gasteiger partial charge in [-0.3, -0.25) is 14.5 Å². The second-order valence-corrected chi connectivity index (χ2v) is 11.1. The Kier molecular flexibility index (Phi) is 7.49. The topological polar surface area (TPSA) is 72.0 Å². The quantitative estimate of drug-likeness (QED) is 0.213. The van der Waals surface area contributed by atoms with Gasteiger partial charge in [0.25, 0.3) is 5.91 Å². The number of hydrogen-bond acceptors (Lipinski definition) is 6.